The molecular weight excluding hydrogens is 281 g/mol. The Morgan fingerprint density at radius 3 is 2.48 bits per heavy atom. The molecule has 0 bridgehead atoms. The zero-order chi connectivity index (χ0) is 16.0. The normalized spacial score (nSPS) is 12.0. The third-order valence-electron chi connectivity index (χ3n) is 3.14. The highest BCUT2D eigenvalue weighted by molar-refractivity contribution is 5.51. The third-order valence-corrected chi connectivity index (χ3v) is 3.14. The molecule has 0 radical (unpaired) electrons. The zero-order valence-corrected chi connectivity index (χ0v) is 12.7. The van der Waals surface area contributed by atoms with Gasteiger partial charge in [-0.1, -0.05) is 19.9 Å². The Morgan fingerprint density at radius 1 is 1.29 bits per heavy atom. The van der Waals surface area contributed by atoms with E-state index in [-0.39, 0.29) is 18.7 Å². The van der Waals surface area contributed by atoms with Crippen molar-refractivity contribution in [2.75, 3.05) is 31.6 Å². The molecular formula is C15H23F3N2O. The number of nitrogens with one attached hydrogen (secondary N) is 1. The highest BCUT2D eigenvalue weighted by Gasteiger charge is 2.33. The van der Waals surface area contributed by atoms with Crippen LogP contribution in [0.15, 0.2) is 18.2 Å². The lowest BCUT2D eigenvalue weighted by Crippen LogP contribution is -2.24. The van der Waals surface area contributed by atoms with E-state index in [0.717, 1.165) is 6.07 Å². The van der Waals surface area contributed by atoms with Crippen LogP contribution in [-0.4, -0.2) is 31.9 Å². The van der Waals surface area contributed by atoms with Gasteiger partial charge in [-0.05, 0) is 30.2 Å². The fourth-order valence-electron chi connectivity index (χ4n) is 1.99. The summed E-state index contributed by atoms with van der Waals surface area (Å²) < 4.78 is 39.5. The molecule has 0 aliphatic rings. The Morgan fingerprint density at radius 2 is 1.95 bits per heavy atom. The van der Waals surface area contributed by atoms with E-state index in [9.17, 15) is 13.2 Å². The van der Waals surface area contributed by atoms with Crippen LogP contribution in [0.3, 0.4) is 0 Å². The first kappa shape index (κ1) is 17.8. The molecule has 0 amide bonds. The first-order valence-electron chi connectivity index (χ1n) is 6.98. The second kappa shape index (κ2) is 7.66. The summed E-state index contributed by atoms with van der Waals surface area (Å²) in [5.41, 5.74) is 0.0642. The summed E-state index contributed by atoms with van der Waals surface area (Å²) in [4.78, 5) is 1.60. The van der Waals surface area contributed by atoms with Crippen molar-refractivity contribution in [2.45, 2.75) is 26.6 Å². The number of hydrogen-bond donors (Lipinski definition) is 2. The molecule has 0 atom stereocenters. The second-order valence-corrected chi connectivity index (χ2v) is 5.51. The van der Waals surface area contributed by atoms with Gasteiger partial charge in [-0.3, -0.25) is 0 Å². The van der Waals surface area contributed by atoms with E-state index in [2.05, 4.69) is 5.32 Å². The summed E-state index contributed by atoms with van der Waals surface area (Å²) in [6, 6.07) is 4.29. The van der Waals surface area contributed by atoms with E-state index >= 15 is 0 Å². The van der Waals surface area contributed by atoms with Crippen LogP contribution in [0.2, 0.25) is 0 Å². The Hall–Kier alpha value is -1.27. The van der Waals surface area contributed by atoms with E-state index < -0.39 is 11.7 Å². The highest BCUT2D eigenvalue weighted by atomic mass is 19.4. The van der Waals surface area contributed by atoms with Crippen LogP contribution >= 0.6 is 0 Å². The summed E-state index contributed by atoms with van der Waals surface area (Å²) in [7, 11) is 1.66. The van der Waals surface area contributed by atoms with Crippen molar-refractivity contribution in [1.82, 2.24) is 5.32 Å². The first-order valence-corrected chi connectivity index (χ1v) is 6.98. The molecule has 0 aliphatic heterocycles. The number of hydrogen-bond acceptors (Lipinski definition) is 3. The quantitative estimate of drug-likeness (QED) is 0.813. The van der Waals surface area contributed by atoms with Gasteiger partial charge >= 0.3 is 6.18 Å². The summed E-state index contributed by atoms with van der Waals surface area (Å²) in [5, 5.41) is 11.9. The smallest absolute Gasteiger partial charge is 0.395 e. The lowest BCUT2D eigenvalue weighted by atomic mass is 10.0. The molecule has 1 aromatic carbocycles. The molecule has 0 saturated carbocycles. The van der Waals surface area contributed by atoms with Crippen LogP contribution in [0.4, 0.5) is 18.9 Å². The number of alkyl halides is 3. The zero-order valence-electron chi connectivity index (χ0n) is 12.7. The van der Waals surface area contributed by atoms with Crippen LogP contribution in [-0.2, 0) is 12.7 Å². The monoisotopic (exact) mass is 304 g/mol. The Bertz CT molecular complexity index is 447. The fraction of sp³-hybridized carbons (Fsp3) is 0.600. The molecule has 0 unspecified atom stereocenters. The minimum Gasteiger partial charge on any atom is -0.395 e. The van der Waals surface area contributed by atoms with Gasteiger partial charge in [-0.15, -0.1) is 0 Å². The van der Waals surface area contributed by atoms with E-state index in [1.807, 2.05) is 13.8 Å². The van der Waals surface area contributed by atoms with Gasteiger partial charge in [0, 0.05) is 25.8 Å². The van der Waals surface area contributed by atoms with E-state index in [4.69, 9.17) is 5.11 Å². The maximum absolute atomic E-state index is 13.2. The molecule has 1 rings (SSSR count). The van der Waals surface area contributed by atoms with Gasteiger partial charge in [0.15, 0.2) is 0 Å². The Labute approximate surface area is 123 Å². The van der Waals surface area contributed by atoms with E-state index in [0.29, 0.717) is 24.7 Å². The largest absolute Gasteiger partial charge is 0.416 e. The average molecular weight is 304 g/mol. The maximum atomic E-state index is 13.2. The van der Waals surface area contributed by atoms with Gasteiger partial charge in [-0.2, -0.15) is 13.2 Å². The highest BCUT2D eigenvalue weighted by Crippen LogP contribution is 2.34. The third kappa shape index (κ3) is 5.55. The molecule has 120 valence electrons. The number of benzene rings is 1. The average Bonchev–Trinajstić information content (AvgIpc) is 2.37. The summed E-state index contributed by atoms with van der Waals surface area (Å²) >= 11 is 0. The lowest BCUT2D eigenvalue weighted by molar-refractivity contribution is -0.138. The van der Waals surface area contributed by atoms with Crippen molar-refractivity contribution in [2.24, 2.45) is 5.92 Å². The van der Waals surface area contributed by atoms with Crippen molar-refractivity contribution in [3.8, 4) is 0 Å². The van der Waals surface area contributed by atoms with Crippen LogP contribution in [0.25, 0.3) is 0 Å². The lowest BCUT2D eigenvalue weighted by Gasteiger charge is -2.21. The van der Waals surface area contributed by atoms with Crippen molar-refractivity contribution in [3.63, 3.8) is 0 Å². The van der Waals surface area contributed by atoms with Crippen molar-refractivity contribution in [3.05, 3.63) is 29.3 Å². The number of halogens is 3. The predicted octanol–water partition coefficient (Wildman–Crippen LogP) is 2.88. The summed E-state index contributed by atoms with van der Waals surface area (Å²) in [6.45, 7) is 5.06. The van der Waals surface area contributed by atoms with Gasteiger partial charge in [-0.25, -0.2) is 0 Å². The topological polar surface area (TPSA) is 35.5 Å². The van der Waals surface area contributed by atoms with Gasteiger partial charge < -0.3 is 15.3 Å². The van der Waals surface area contributed by atoms with E-state index in [1.54, 1.807) is 18.0 Å². The minimum atomic E-state index is -4.38. The number of aliphatic hydroxyl groups is 1. The number of likely N-dealkylation sites (N-methyl/N-ethyl adjacent to an activating group) is 1. The number of nitrogens with zero attached hydrogens (tertiary/aromatic N) is 1. The van der Waals surface area contributed by atoms with Gasteiger partial charge in [0.25, 0.3) is 0 Å². The van der Waals surface area contributed by atoms with Crippen LogP contribution in [0.5, 0.6) is 0 Å². The van der Waals surface area contributed by atoms with Crippen molar-refractivity contribution < 1.29 is 18.3 Å². The molecule has 3 nitrogen and oxygen atoms in total. The van der Waals surface area contributed by atoms with E-state index in [1.165, 1.54) is 6.07 Å². The van der Waals surface area contributed by atoms with Crippen LogP contribution in [0.1, 0.15) is 25.0 Å². The summed E-state index contributed by atoms with van der Waals surface area (Å²) in [5.74, 6) is 0.384. The molecule has 0 spiro atoms. The molecule has 0 saturated heterocycles. The predicted molar refractivity (Wildman–Crippen MR) is 78.3 cm³/mol. The Kier molecular flexibility index (Phi) is 6.48. The molecule has 0 aromatic heterocycles. The first-order chi connectivity index (χ1) is 9.75. The van der Waals surface area contributed by atoms with Crippen LogP contribution < -0.4 is 10.2 Å². The maximum Gasteiger partial charge on any atom is 0.416 e. The van der Waals surface area contributed by atoms with Gasteiger partial charge in [0.2, 0.25) is 0 Å². The fourth-order valence-corrected chi connectivity index (χ4v) is 1.99. The molecule has 21 heavy (non-hydrogen) atoms. The van der Waals surface area contributed by atoms with Gasteiger partial charge in [0.1, 0.15) is 0 Å². The van der Waals surface area contributed by atoms with Gasteiger partial charge in [0.05, 0.1) is 12.2 Å². The minimum absolute atomic E-state index is 0.102. The molecule has 0 aliphatic carbocycles. The van der Waals surface area contributed by atoms with Crippen LogP contribution in [0, 0.1) is 5.92 Å². The number of anilines is 1. The molecule has 1 aromatic rings. The molecule has 0 fully saturated rings. The summed E-state index contributed by atoms with van der Waals surface area (Å²) in [6.07, 6.45) is -4.38. The van der Waals surface area contributed by atoms with Crippen molar-refractivity contribution >= 4 is 5.69 Å². The second-order valence-electron chi connectivity index (χ2n) is 5.51. The molecule has 6 heteroatoms. The Balaban J connectivity index is 2.97. The standard InChI is InChI=1S/C15H23F3N2O/c1-11(2)9-19-10-12-4-5-13(20(3)6-7-21)8-14(12)15(16,17)18/h4-5,8,11,19,21H,6-7,9-10H2,1-3H3. The molecule has 0 heterocycles. The number of rotatable bonds is 7. The SMILES string of the molecule is CC(C)CNCc1ccc(N(C)CCO)cc1C(F)(F)F. The number of aliphatic hydroxyl groups excluding tert-OH is 1. The van der Waals surface area contributed by atoms with Crippen molar-refractivity contribution in [1.29, 1.82) is 0 Å². The molecule has 2 N–H and O–H groups in total.